The first-order valence-electron chi connectivity index (χ1n) is 8.06. The van der Waals surface area contributed by atoms with Crippen LogP contribution in [0.25, 0.3) is 0 Å². The molecule has 0 aliphatic carbocycles. The van der Waals surface area contributed by atoms with Crippen LogP contribution >= 0.6 is 0 Å². The highest BCUT2D eigenvalue weighted by molar-refractivity contribution is 5.95. The van der Waals surface area contributed by atoms with Crippen LogP contribution in [0, 0.1) is 5.82 Å². The fraction of sp³-hybridized carbons (Fsp3) is 0.263. The molecular weight excluding hydrogens is 321 g/mol. The van der Waals surface area contributed by atoms with Crippen molar-refractivity contribution in [3.05, 3.63) is 59.9 Å². The standard InChI is InChI=1S/C19H22FN3O2/c1-12(17-6-4-5-7-18(17)20)21-13(2)19(25)23-16-10-8-15(9-11-16)22-14(3)24/h4-13,21H,1-3H3,(H,22,24)(H,23,25). The number of carbonyl (C=O) groups is 2. The number of amides is 2. The number of hydrogen-bond acceptors (Lipinski definition) is 3. The molecule has 3 N–H and O–H groups in total. The molecular formula is C19H22FN3O2. The summed E-state index contributed by atoms with van der Waals surface area (Å²) in [6.07, 6.45) is 0. The third kappa shape index (κ3) is 5.39. The molecule has 132 valence electrons. The van der Waals surface area contributed by atoms with Crippen LogP contribution in [0.4, 0.5) is 15.8 Å². The van der Waals surface area contributed by atoms with E-state index in [1.54, 1.807) is 49.4 Å². The molecule has 0 aromatic heterocycles. The van der Waals surface area contributed by atoms with Gasteiger partial charge in [0.25, 0.3) is 0 Å². The molecule has 0 saturated heterocycles. The van der Waals surface area contributed by atoms with Gasteiger partial charge < -0.3 is 10.6 Å². The van der Waals surface area contributed by atoms with Crippen molar-refractivity contribution in [2.24, 2.45) is 0 Å². The lowest BCUT2D eigenvalue weighted by Crippen LogP contribution is -2.39. The van der Waals surface area contributed by atoms with Crippen LogP contribution in [0.3, 0.4) is 0 Å². The summed E-state index contributed by atoms with van der Waals surface area (Å²) in [5.74, 6) is -0.684. The van der Waals surface area contributed by atoms with E-state index in [1.165, 1.54) is 13.0 Å². The van der Waals surface area contributed by atoms with Crippen LogP contribution in [0.1, 0.15) is 32.4 Å². The zero-order valence-corrected chi connectivity index (χ0v) is 14.5. The maximum Gasteiger partial charge on any atom is 0.241 e. The fourth-order valence-electron chi connectivity index (χ4n) is 2.46. The second-order valence-corrected chi connectivity index (χ2v) is 5.88. The largest absolute Gasteiger partial charge is 0.326 e. The average molecular weight is 343 g/mol. The summed E-state index contributed by atoms with van der Waals surface area (Å²) >= 11 is 0. The number of carbonyl (C=O) groups excluding carboxylic acids is 2. The second-order valence-electron chi connectivity index (χ2n) is 5.88. The molecule has 5 nitrogen and oxygen atoms in total. The lowest BCUT2D eigenvalue weighted by atomic mass is 10.1. The van der Waals surface area contributed by atoms with Gasteiger partial charge in [-0.1, -0.05) is 18.2 Å². The summed E-state index contributed by atoms with van der Waals surface area (Å²) < 4.78 is 13.8. The van der Waals surface area contributed by atoms with E-state index < -0.39 is 6.04 Å². The van der Waals surface area contributed by atoms with Crippen molar-refractivity contribution in [2.75, 3.05) is 10.6 Å². The molecule has 25 heavy (non-hydrogen) atoms. The van der Waals surface area contributed by atoms with Crippen molar-refractivity contribution in [3.8, 4) is 0 Å². The Balaban J connectivity index is 1.93. The van der Waals surface area contributed by atoms with Crippen LogP contribution in [-0.4, -0.2) is 17.9 Å². The fourth-order valence-corrected chi connectivity index (χ4v) is 2.46. The summed E-state index contributed by atoms with van der Waals surface area (Å²) in [6, 6.07) is 12.5. The first-order chi connectivity index (χ1) is 11.9. The van der Waals surface area contributed by atoms with E-state index >= 15 is 0 Å². The lowest BCUT2D eigenvalue weighted by molar-refractivity contribution is -0.118. The molecule has 2 amide bonds. The second kappa shape index (κ2) is 8.39. The third-order valence-corrected chi connectivity index (χ3v) is 3.74. The Morgan fingerprint density at radius 3 is 2.04 bits per heavy atom. The minimum absolute atomic E-state index is 0.156. The summed E-state index contributed by atoms with van der Waals surface area (Å²) in [7, 11) is 0. The molecule has 0 fully saturated rings. The maximum atomic E-state index is 13.8. The van der Waals surface area contributed by atoms with Gasteiger partial charge >= 0.3 is 0 Å². The number of halogens is 1. The first-order valence-corrected chi connectivity index (χ1v) is 8.06. The van der Waals surface area contributed by atoms with Crippen molar-refractivity contribution in [3.63, 3.8) is 0 Å². The van der Waals surface area contributed by atoms with Gasteiger partial charge in [0.1, 0.15) is 5.82 Å². The highest BCUT2D eigenvalue weighted by Crippen LogP contribution is 2.17. The van der Waals surface area contributed by atoms with Crippen molar-refractivity contribution >= 4 is 23.2 Å². The maximum absolute atomic E-state index is 13.8. The summed E-state index contributed by atoms with van der Waals surface area (Å²) in [4.78, 5) is 23.3. The highest BCUT2D eigenvalue weighted by Gasteiger charge is 2.18. The zero-order valence-electron chi connectivity index (χ0n) is 14.5. The van der Waals surface area contributed by atoms with Crippen molar-refractivity contribution in [1.29, 1.82) is 0 Å². The Morgan fingerprint density at radius 1 is 0.920 bits per heavy atom. The third-order valence-electron chi connectivity index (χ3n) is 3.74. The normalized spacial score (nSPS) is 13.0. The van der Waals surface area contributed by atoms with Crippen LogP contribution in [-0.2, 0) is 9.59 Å². The van der Waals surface area contributed by atoms with E-state index in [-0.39, 0.29) is 23.7 Å². The predicted molar refractivity (Wildman–Crippen MR) is 96.8 cm³/mol. The van der Waals surface area contributed by atoms with Gasteiger partial charge in [0.15, 0.2) is 0 Å². The van der Waals surface area contributed by atoms with Crippen LogP contribution < -0.4 is 16.0 Å². The quantitative estimate of drug-likeness (QED) is 0.752. The summed E-state index contributed by atoms with van der Waals surface area (Å²) in [5.41, 5.74) is 1.79. The molecule has 0 heterocycles. The lowest BCUT2D eigenvalue weighted by Gasteiger charge is -2.20. The molecule has 0 aliphatic rings. The molecule has 0 aliphatic heterocycles. The molecule has 0 bridgehead atoms. The van der Waals surface area contributed by atoms with Gasteiger partial charge in [-0.3, -0.25) is 14.9 Å². The van der Waals surface area contributed by atoms with Gasteiger partial charge in [0, 0.05) is 29.9 Å². The summed E-state index contributed by atoms with van der Waals surface area (Å²) in [6.45, 7) is 4.96. The van der Waals surface area contributed by atoms with Crippen LogP contribution in [0.2, 0.25) is 0 Å². The number of anilines is 2. The number of nitrogens with one attached hydrogen (secondary N) is 3. The molecule has 2 aromatic carbocycles. The number of rotatable bonds is 6. The smallest absolute Gasteiger partial charge is 0.241 e. The van der Waals surface area contributed by atoms with Gasteiger partial charge in [0.2, 0.25) is 11.8 Å². The monoisotopic (exact) mass is 343 g/mol. The van der Waals surface area contributed by atoms with Crippen molar-refractivity contribution < 1.29 is 14.0 Å². The molecule has 0 spiro atoms. The minimum atomic E-state index is -0.510. The van der Waals surface area contributed by atoms with E-state index in [0.29, 0.717) is 16.9 Å². The van der Waals surface area contributed by atoms with E-state index in [0.717, 1.165) is 0 Å². The summed E-state index contributed by atoms with van der Waals surface area (Å²) in [5, 5.41) is 8.53. The average Bonchev–Trinajstić information content (AvgIpc) is 2.56. The molecule has 2 unspecified atom stereocenters. The van der Waals surface area contributed by atoms with Gasteiger partial charge in [0.05, 0.1) is 6.04 Å². The Bertz CT molecular complexity index is 747. The topological polar surface area (TPSA) is 70.2 Å². The molecule has 6 heteroatoms. The van der Waals surface area contributed by atoms with Gasteiger partial charge in [-0.25, -0.2) is 4.39 Å². The molecule has 0 saturated carbocycles. The zero-order chi connectivity index (χ0) is 18.4. The van der Waals surface area contributed by atoms with Gasteiger partial charge in [-0.2, -0.15) is 0 Å². The molecule has 2 atom stereocenters. The molecule has 2 aromatic rings. The Morgan fingerprint density at radius 2 is 1.48 bits per heavy atom. The first kappa shape index (κ1) is 18.6. The van der Waals surface area contributed by atoms with E-state index in [4.69, 9.17) is 0 Å². The van der Waals surface area contributed by atoms with E-state index in [1.807, 2.05) is 6.92 Å². The van der Waals surface area contributed by atoms with Crippen LogP contribution in [0.5, 0.6) is 0 Å². The van der Waals surface area contributed by atoms with Gasteiger partial charge in [-0.15, -0.1) is 0 Å². The van der Waals surface area contributed by atoms with Crippen molar-refractivity contribution in [2.45, 2.75) is 32.9 Å². The highest BCUT2D eigenvalue weighted by atomic mass is 19.1. The Hall–Kier alpha value is -2.73. The van der Waals surface area contributed by atoms with Crippen molar-refractivity contribution in [1.82, 2.24) is 5.32 Å². The molecule has 2 rings (SSSR count). The number of hydrogen-bond donors (Lipinski definition) is 3. The SMILES string of the molecule is CC(=O)Nc1ccc(NC(=O)C(C)NC(C)c2ccccc2F)cc1. The Labute approximate surface area is 146 Å². The van der Waals surface area contributed by atoms with E-state index in [9.17, 15) is 14.0 Å². The molecule has 0 radical (unpaired) electrons. The Kier molecular flexibility index (Phi) is 6.25. The van der Waals surface area contributed by atoms with E-state index in [2.05, 4.69) is 16.0 Å². The van der Waals surface area contributed by atoms with Crippen LogP contribution in [0.15, 0.2) is 48.5 Å². The minimum Gasteiger partial charge on any atom is -0.326 e. The predicted octanol–water partition coefficient (Wildman–Crippen LogP) is 3.46. The van der Waals surface area contributed by atoms with Gasteiger partial charge in [-0.05, 0) is 44.2 Å². The number of benzene rings is 2.